The van der Waals surface area contributed by atoms with E-state index >= 15 is 0 Å². The lowest BCUT2D eigenvalue weighted by molar-refractivity contribution is -0.125. The smallest absolute Gasteiger partial charge is 0.119 e. The minimum absolute atomic E-state index is 0. The van der Waals surface area contributed by atoms with Crippen molar-refractivity contribution in [2.24, 2.45) is 0 Å². The molecular weight excluding hydrogens is 387 g/mol. The van der Waals surface area contributed by atoms with E-state index in [4.69, 9.17) is 9.47 Å². The zero-order valence-electron chi connectivity index (χ0n) is 15.6. The van der Waals surface area contributed by atoms with Gasteiger partial charge in [0.05, 0.1) is 25.0 Å². The molecule has 1 aromatic carbocycles. The van der Waals surface area contributed by atoms with Gasteiger partial charge in [-0.25, -0.2) is 4.68 Å². The number of hydrogen-bond donors (Lipinski definition) is 1. The van der Waals surface area contributed by atoms with Crippen molar-refractivity contribution < 1.29 is 9.47 Å². The Balaban J connectivity index is 0.00000131. The Kier molecular flexibility index (Phi) is 7.94. The Morgan fingerprint density at radius 3 is 2.78 bits per heavy atom. The highest BCUT2D eigenvalue weighted by atomic mass is 35.5. The summed E-state index contributed by atoms with van der Waals surface area (Å²) in [5, 5.41) is 7.84. The van der Waals surface area contributed by atoms with Crippen molar-refractivity contribution in [2.45, 2.75) is 25.0 Å². The Morgan fingerprint density at radius 2 is 2.07 bits per heavy atom. The predicted molar refractivity (Wildman–Crippen MR) is 111 cm³/mol. The number of methoxy groups -OCH3 is 1. The molecule has 2 aromatic rings. The molecular formula is C19H28Cl2N4O2. The first-order valence-corrected chi connectivity index (χ1v) is 9.02. The van der Waals surface area contributed by atoms with E-state index in [0.29, 0.717) is 0 Å². The molecule has 0 aliphatic carbocycles. The van der Waals surface area contributed by atoms with Crippen molar-refractivity contribution in [1.29, 1.82) is 0 Å². The number of nitrogens with zero attached hydrogens (tertiary/aromatic N) is 3. The van der Waals surface area contributed by atoms with Crippen LogP contribution in [0.15, 0.2) is 36.7 Å². The molecule has 3 heterocycles. The van der Waals surface area contributed by atoms with Crippen LogP contribution in [0.1, 0.15) is 18.4 Å². The molecule has 2 aliphatic rings. The third-order valence-electron chi connectivity index (χ3n) is 5.27. The quantitative estimate of drug-likeness (QED) is 0.832. The van der Waals surface area contributed by atoms with Gasteiger partial charge in [-0.2, -0.15) is 5.10 Å². The van der Waals surface area contributed by atoms with Gasteiger partial charge in [-0.05, 0) is 55.8 Å². The van der Waals surface area contributed by atoms with Crippen molar-refractivity contribution >= 4 is 24.8 Å². The van der Waals surface area contributed by atoms with E-state index in [0.717, 1.165) is 63.6 Å². The van der Waals surface area contributed by atoms with E-state index in [1.54, 1.807) is 7.11 Å². The number of hydrogen-bond acceptors (Lipinski definition) is 5. The summed E-state index contributed by atoms with van der Waals surface area (Å²) in [5.74, 6) is 0.885. The Hall–Kier alpha value is -1.31. The number of benzene rings is 1. The van der Waals surface area contributed by atoms with Crippen LogP contribution in [0.2, 0.25) is 0 Å². The van der Waals surface area contributed by atoms with Crippen LogP contribution in [0.4, 0.5) is 0 Å². The SMILES string of the molecule is COc1ccc(-n2cccn2)c(CN2CCOC3(CCNCC3)C2)c1.Cl.Cl. The molecule has 27 heavy (non-hydrogen) atoms. The minimum Gasteiger partial charge on any atom is -0.497 e. The Labute approximate surface area is 173 Å². The van der Waals surface area contributed by atoms with Crippen LogP contribution in [-0.2, 0) is 11.3 Å². The van der Waals surface area contributed by atoms with Crippen LogP contribution in [0.3, 0.4) is 0 Å². The number of aromatic nitrogens is 2. The molecule has 1 spiro atoms. The van der Waals surface area contributed by atoms with Gasteiger partial charge in [0.25, 0.3) is 0 Å². The van der Waals surface area contributed by atoms with Crippen LogP contribution in [0.5, 0.6) is 5.75 Å². The molecule has 0 amide bonds. The minimum atomic E-state index is 0. The van der Waals surface area contributed by atoms with Crippen molar-refractivity contribution in [3.63, 3.8) is 0 Å². The zero-order chi connectivity index (χ0) is 17.1. The summed E-state index contributed by atoms with van der Waals surface area (Å²) >= 11 is 0. The first-order valence-electron chi connectivity index (χ1n) is 9.02. The van der Waals surface area contributed by atoms with Crippen LogP contribution < -0.4 is 10.1 Å². The topological polar surface area (TPSA) is 51.5 Å². The summed E-state index contributed by atoms with van der Waals surface area (Å²) in [4.78, 5) is 2.51. The summed E-state index contributed by atoms with van der Waals surface area (Å²) in [6, 6.07) is 8.16. The summed E-state index contributed by atoms with van der Waals surface area (Å²) in [7, 11) is 1.71. The molecule has 150 valence electrons. The molecule has 1 N–H and O–H groups in total. The van der Waals surface area contributed by atoms with E-state index < -0.39 is 0 Å². The summed E-state index contributed by atoms with van der Waals surface area (Å²) in [6.07, 6.45) is 5.98. The van der Waals surface area contributed by atoms with E-state index in [9.17, 15) is 0 Å². The highest BCUT2D eigenvalue weighted by Gasteiger charge is 2.37. The van der Waals surface area contributed by atoms with Gasteiger partial charge in [-0.1, -0.05) is 0 Å². The predicted octanol–water partition coefficient (Wildman–Crippen LogP) is 2.68. The van der Waals surface area contributed by atoms with Gasteiger partial charge in [0.1, 0.15) is 5.75 Å². The molecule has 0 radical (unpaired) electrons. The van der Waals surface area contributed by atoms with Crippen molar-refractivity contribution in [3.8, 4) is 11.4 Å². The number of halogens is 2. The summed E-state index contributed by atoms with van der Waals surface area (Å²) in [6.45, 7) is 5.73. The number of rotatable bonds is 4. The van der Waals surface area contributed by atoms with Crippen LogP contribution in [0.25, 0.3) is 5.69 Å². The van der Waals surface area contributed by atoms with Gasteiger partial charge in [-0.15, -0.1) is 24.8 Å². The average Bonchev–Trinajstić information content (AvgIpc) is 3.17. The number of nitrogens with one attached hydrogen (secondary N) is 1. The Bertz CT molecular complexity index is 700. The molecule has 2 aliphatic heterocycles. The van der Waals surface area contributed by atoms with Gasteiger partial charge in [0.2, 0.25) is 0 Å². The Morgan fingerprint density at radius 1 is 1.26 bits per heavy atom. The van der Waals surface area contributed by atoms with Crippen LogP contribution in [0, 0.1) is 0 Å². The van der Waals surface area contributed by atoms with Crippen molar-refractivity contribution in [2.75, 3.05) is 39.9 Å². The van der Waals surface area contributed by atoms with Gasteiger partial charge in [-0.3, -0.25) is 4.90 Å². The maximum absolute atomic E-state index is 6.20. The van der Waals surface area contributed by atoms with E-state index in [-0.39, 0.29) is 30.4 Å². The second-order valence-electron chi connectivity index (χ2n) is 6.94. The maximum atomic E-state index is 6.20. The van der Waals surface area contributed by atoms with Gasteiger partial charge < -0.3 is 14.8 Å². The summed E-state index contributed by atoms with van der Waals surface area (Å²) in [5.41, 5.74) is 2.36. The van der Waals surface area contributed by atoms with Gasteiger partial charge in [0.15, 0.2) is 0 Å². The monoisotopic (exact) mass is 414 g/mol. The molecule has 2 fully saturated rings. The second-order valence-corrected chi connectivity index (χ2v) is 6.94. The average molecular weight is 415 g/mol. The van der Waals surface area contributed by atoms with Crippen LogP contribution >= 0.6 is 24.8 Å². The summed E-state index contributed by atoms with van der Waals surface area (Å²) < 4.78 is 13.6. The lowest BCUT2D eigenvalue weighted by atomic mass is 9.90. The molecule has 0 saturated carbocycles. The highest BCUT2D eigenvalue weighted by Crippen LogP contribution is 2.29. The molecule has 1 aromatic heterocycles. The first kappa shape index (κ1) is 22.0. The second kappa shape index (κ2) is 9.75. The van der Waals surface area contributed by atoms with Gasteiger partial charge >= 0.3 is 0 Å². The lowest BCUT2D eigenvalue weighted by Crippen LogP contribution is -2.55. The molecule has 6 nitrogen and oxygen atoms in total. The van der Waals surface area contributed by atoms with E-state index in [2.05, 4.69) is 27.4 Å². The molecule has 0 unspecified atom stereocenters. The standard InChI is InChI=1S/C19H26N4O2.2ClH/c1-24-17-3-4-18(23-10-2-7-21-23)16(13-17)14-22-11-12-25-19(15-22)5-8-20-9-6-19;;/h2-4,7,10,13,20H,5-6,8-9,11-12,14-15H2,1H3;2*1H. The third kappa shape index (κ3) is 4.95. The molecule has 0 bridgehead atoms. The molecule has 2 saturated heterocycles. The van der Waals surface area contributed by atoms with E-state index in [1.807, 2.05) is 29.2 Å². The maximum Gasteiger partial charge on any atom is 0.119 e. The fourth-order valence-corrected chi connectivity index (χ4v) is 3.93. The largest absolute Gasteiger partial charge is 0.497 e. The lowest BCUT2D eigenvalue weighted by Gasteiger charge is -2.45. The normalized spacial score (nSPS) is 19.1. The number of morpholine rings is 1. The number of ether oxygens (including phenoxy) is 2. The fourth-order valence-electron chi connectivity index (χ4n) is 3.93. The van der Waals surface area contributed by atoms with Crippen LogP contribution in [-0.4, -0.2) is 60.2 Å². The van der Waals surface area contributed by atoms with Crippen molar-refractivity contribution in [3.05, 3.63) is 42.2 Å². The first-order chi connectivity index (χ1) is 12.3. The van der Waals surface area contributed by atoms with Crippen molar-refractivity contribution in [1.82, 2.24) is 20.0 Å². The van der Waals surface area contributed by atoms with Gasteiger partial charge in [0, 0.05) is 32.0 Å². The molecule has 4 rings (SSSR count). The highest BCUT2D eigenvalue weighted by molar-refractivity contribution is 5.85. The van der Waals surface area contributed by atoms with E-state index in [1.165, 1.54) is 5.56 Å². The molecule has 8 heteroatoms. The zero-order valence-corrected chi connectivity index (χ0v) is 17.2. The molecule has 0 atom stereocenters. The third-order valence-corrected chi connectivity index (χ3v) is 5.27. The number of piperidine rings is 1. The fraction of sp³-hybridized carbons (Fsp3) is 0.526.